The van der Waals surface area contributed by atoms with Crippen LogP contribution in [0.2, 0.25) is 0 Å². The van der Waals surface area contributed by atoms with E-state index in [1.54, 1.807) is 10.4 Å². The number of fused-ring (bicyclic) bond motifs is 1. The molecule has 0 radical (unpaired) electrons. The van der Waals surface area contributed by atoms with Crippen LogP contribution in [0.15, 0.2) is 6.07 Å². The van der Waals surface area contributed by atoms with Crippen LogP contribution < -0.4 is 5.32 Å². The van der Waals surface area contributed by atoms with E-state index in [9.17, 15) is 0 Å². The van der Waals surface area contributed by atoms with Gasteiger partial charge in [-0.05, 0) is 36.6 Å². The highest BCUT2D eigenvalue weighted by Gasteiger charge is 2.16. The number of hydrogen-bond donors (Lipinski definition) is 1. The Morgan fingerprint density at radius 3 is 3.29 bits per heavy atom. The summed E-state index contributed by atoms with van der Waals surface area (Å²) in [5, 5.41) is 3.53. The van der Waals surface area contributed by atoms with Gasteiger partial charge in [-0.1, -0.05) is 0 Å². The number of hydrogen-bond acceptors (Lipinski definition) is 4. The van der Waals surface area contributed by atoms with E-state index in [-0.39, 0.29) is 0 Å². The van der Waals surface area contributed by atoms with Crippen LogP contribution >= 0.6 is 23.1 Å². The first kappa shape index (κ1) is 12.0. The van der Waals surface area contributed by atoms with Crippen LogP contribution in [0.4, 0.5) is 0 Å². The average Bonchev–Trinajstić information content (AvgIpc) is 2.96. The molecule has 0 amide bonds. The first-order chi connectivity index (χ1) is 8.42. The first-order valence-corrected chi connectivity index (χ1v) is 8.39. The van der Waals surface area contributed by atoms with Gasteiger partial charge in [-0.15, -0.1) is 11.3 Å². The van der Waals surface area contributed by atoms with Gasteiger partial charge in [0, 0.05) is 35.2 Å². The molecule has 2 aliphatic heterocycles. The van der Waals surface area contributed by atoms with Gasteiger partial charge in [-0.25, -0.2) is 0 Å². The predicted octanol–water partition coefficient (Wildman–Crippen LogP) is 2.81. The van der Waals surface area contributed by atoms with Crippen molar-refractivity contribution in [3.05, 3.63) is 21.4 Å². The number of aryl methyl sites for hydroxylation is 1. The van der Waals surface area contributed by atoms with Crippen molar-refractivity contribution in [2.24, 2.45) is 0 Å². The molecule has 17 heavy (non-hydrogen) atoms. The number of nitrogens with one attached hydrogen (secondary N) is 1. The van der Waals surface area contributed by atoms with E-state index in [0.717, 1.165) is 19.7 Å². The maximum Gasteiger partial charge on any atom is 0.0700 e. The maximum absolute atomic E-state index is 5.61. The van der Waals surface area contributed by atoms with Gasteiger partial charge in [0.25, 0.3) is 0 Å². The predicted molar refractivity (Wildman–Crippen MR) is 74.9 cm³/mol. The van der Waals surface area contributed by atoms with Gasteiger partial charge in [0.05, 0.1) is 6.10 Å². The zero-order valence-electron chi connectivity index (χ0n) is 10.0. The van der Waals surface area contributed by atoms with Crippen molar-refractivity contribution in [3.8, 4) is 0 Å². The van der Waals surface area contributed by atoms with Gasteiger partial charge in [0.1, 0.15) is 0 Å². The lowest BCUT2D eigenvalue weighted by Gasteiger charge is -2.09. The molecule has 0 saturated carbocycles. The fourth-order valence-corrected chi connectivity index (χ4v) is 4.81. The number of thiophene rings is 1. The molecule has 1 fully saturated rings. The highest BCUT2D eigenvalue weighted by Crippen LogP contribution is 2.31. The van der Waals surface area contributed by atoms with Crippen LogP contribution in [0, 0.1) is 0 Å². The Balaban J connectivity index is 1.49. The standard InChI is InChI=1S/C13H19NOS2/c1-2-11(15-4-1)7-14-8-12-6-10-9-16-5-3-13(10)17-12/h6,11,14H,1-5,7-9H2. The van der Waals surface area contributed by atoms with Crippen LogP contribution in [-0.2, 0) is 23.5 Å². The Morgan fingerprint density at radius 2 is 2.47 bits per heavy atom. The van der Waals surface area contributed by atoms with Crippen LogP contribution in [-0.4, -0.2) is 25.0 Å². The van der Waals surface area contributed by atoms with Crippen molar-refractivity contribution < 1.29 is 4.74 Å². The number of ether oxygens (including phenoxy) is 1. The van der Waals surface area contributed by atoms with E-state index >= 15 is 0 Å². The smallest absolute Gasteiger partial charge is 0.0700 e. The van der Waals surface area contributed by atoms with E-state index in [2.05, 4.69) is 23.1 Å². The molecule has 0 aliphatic carbocycles. The Kier molecular flexibility index (Phi) is 4.06. The van der Waals surface area contributed by atoms with E-state index in [0.29, 0.717) is 6.10 Å². The van der Waals surface area contributed by atoms with Crippen LogP contribution in [0.1, 0.15) is 28.2 Å². The second-order valence-electron chi connectivity index (χ2n) is 4.73. The van der Waals surface area contributed by atoms with E-state index in [1.165, 1.54) is 35.6 Å². The van der Waals surface area contributed by atoms with E-state index in [1.807, 2.05) is 11.3 Å². The Labute approximate surface area is 111 Å². The molecule has 1 saturated heterocycles. The highest BCUT2D eigenvalue weighted by atomic mass is 32.2. The Hall–Kier alpha value is -0.0300. The van der Waals surface area contributed by atoms with E-state index in [4.69, 9.17) is 4.74 Å². The molecule has 0 aromatic carbocycles. The molecule has 1 atom stereocenters. The molecule has 3 rings (SSSR count). The summed E-state index contributed by atoms with van der Waals surface area (Å²) in [5.41, 5.74) is 1.58. The monoisotopic (exact) mass is 269 g/mol. The number of thioether (sulfide) groups is 1. The zero-order valence-corrected chi connectivity index (χ0v) is 11.7. The molecule has 94 valence electrons. The summed E-state index contributed by atoms with van der Waals surface area (Å²) < 4.78 is 5.61. The molecule has 0 spiro atoms. The summed E-state index contributed by atoms with van der Waals surface area (Å²) in [6, 6.07) is 2.40. The minimum Gasteiger partial charge on any atom is -0.377 e. The molecule has 2 nitrogen and oxygen atoms in total. The average molecular weight is 269 g/mol. The summed E-state index contributed by atoms with van der Waals surface area (Å²) in [6.45, 7) is 2.98. The second-order valence-corrected chi connectivity index (χ2v) is 7.06. The topological polar surface area (TPSA) is 21.3 Å². The summed E-state index contributed by atoms with van der Waals surface area (Å²) in [6.07, 6.45) is 4.19. The first-order valence-electron chi connectivity index (χ1n) is 6.42. The molecule has 4 heteroatoms. The van der Waals surface area contributed by atoms with Crippen molar-refractivity contribution in [1.29, 1.82) is 0 Å². The van der Waals surface area contributed by atoms with Gasteiger partial charge in [0.15, 0.2) is 0 Å². The highest BCUT2D eigenvalue weighted by molar-refractivity contribution is 7.98. The van der Waals surface area contributed by atoms with E-state index < -0.39 is 0 Å². The molecule has 1 unspecified atom stereocenters. The van der Waals surface area contributed by atoms with Crippen molar-refractivity contribution in [3.63, 3.8) is 0 Å². The molecule has 1 aromatic heterocycles. The normalized spacial score (nSPS) is 23.9. The quantitative estimate of drug-likeness (QED) is 0.908. The third-order valence-corrected chi connectivity index (χ3v) is 5.62. The molecule has 1 aromatic rings. The molecule has 2 aliphatic rings. The van der Waals surface area contributed by atoms with Crippen molar-refractivity contribution >= 4 is 23.1 Å². The fourth-order valence-electron chi connectivity index (χ4n) is 2.46. The lowest BCUT2D eigenvalue weighted by molar-refractivity contribution is 0.110. The van der Waals surface area contributed by atoms with Crippen molar-refractivity contribution in [1.82, 2.24) is 5.32 Å². The third-order valence-electron chi connectivity index (χ3n) is 3.37. The third kappa shape index (κ3) is 3.05. The summed E-state index contributed by atoms with van der Waals surface area (Å²) in [7, 11) is 0. The largest absolute Gasteiger partial charge is 0.377 e. The zero-order chi connectivity index (χ0) is 11.5. The lowest BCUT2D eigenvalue weighted by atomic mass is 10.2. The summed E-state index contributed by atoms with van der Waals surface area (Å²) in [4.78, 5) is 3.12. The Bertz CT molecular complexity index is 348. The fraction of sp³-hybridized carbons (Fsp3) is 0.692. The van der Waals surface area contributed by atoms with Gasteiger partial charge >= 0.3 is 0 Å². The van der Waals surface area contributed by atoms with Crippen LogP contribution in [0.5, 0.6) is 0 Å². The minimum atomic E-state index is 0.458. The molecule has 3 heterocycles. The van der Waals surface area contributed by atoms with Gasteiger partial charge in [-0.3, -0.25) is 0 Å². The van der Waals surface area contributed by atoms with Crippen LogP contribution in [0.3, 0.4) is 0 Å². The van der Waals surface area contributed by atoms with Crippen molar-refractivity contribution in [2.75, 3.05) is 18.9 Å². The molecule has 1 N–H and O–H groups in total. The van der Waals surface area contributed by atoms with Gasteiger partial charge < -0.3 is 10.1 Å². The summed E-state index contributed by atoms with van der Waals surface area (Å²) in [5.74, 6) is 2.52. The van der Waals surface area contributed by atoms with Gasteiger partial charge in [-0.2, -0.15) is 11.8 Å². The summed E-state index contributed by atoms with van der Waals surface area (Å²) >= 11 is 4.06. The van der Waals surface area contributed by atoms with Crippen LogP contribution in [0.25, 0.3) is 0 Å². The SMILES string of the molecule is c1c(CNCC2CCCO2)sc2c1CSCC2. The van der Waals surface area contributed by atoms with Gasteiger partial charge in [0.2, 0.25) is 0 Å². The minimum absolute atomic E-state index is 0.458. The molecular weight excluding hydrogens is 250 g/mol. The lowest BCUT2D eigenvalue weighted by Crippen LogP contribution is -2.25. The molecule has 0 bridgehead atoms. The van der Waals surface area contributed by atoms with Crippen molar-refractivity contribution in [2.45, 2.75) is 37.7 Å². The number of rotatable bonds is 4. The maximum atomic E-state index is 5.61. The second kappa shape index (κ2) is 5.74. The Morgan fingerprint density at radius 1 is 1.47 bits per heavy atom. The molecular formula is C13H19NOS2.